The SMILES string of the molecule is COC(=O)c1ccccc1NCCCl. The molecule has 0 heterocycles. The van der Waals surface area contributed by atoms with Crippen molar-refractivity contribution in [3.8, 4) is 0 Å². The van der Waals surface area contributed by atoms with Gasteiger partial charge in [0.25, 0.3) is 0 Å². The molecule has 0 aliphatic carbocycles. The molecule has 0 aliphatic rings. The van der Waals surface area contributed by atoms with E-state index in [-0.39, 0.29) is 5.97 Å². The molecule has 1 aromatic carbocycles. The Balaban J connectivity index is 2.85. The molecular formula is C10H12ClNO2. The van der Waals surface area contributed by atoms with Crippen LogP contribution in [0.4, 0.5) is 5.69 Å². The van der Waals surface area contributed by atoms with Gasteiger partial charge in [0.15, 0.2) is 0 Å². The first-order valence-electron chi connectivity index (χ1n) is 4.26. The molecule has 0 amide bonds. The Morgan fingerprint density at radius 1 is 1.50 bits per heavy atom. The number of hydrogen-bond acceptors (Lipinski definition) is 3. The average molecular weight is 214 g/mol. The third-order valence-corrected chi connectivity index (χ3v) is 1.93. The minimum Gasteiger partial charge on any atom is -0.465 e. The molecule has 0 aliphatic heterocycles. The standard InChI is InChI=1S/C10H12ClNO2/c1-14-10(13)8-4-2-3-5-9(8)12-7-6-11/h2-5,12H,6-7H2,1H3. The molecule has 76 valence electrons. The third-order valence-electron chi connectivity index (χ3n) is 1.74. The van der Waals surface area contributed by atoms with Crippen LogP contribution in [-0.4, -0.2) is 25.5 Å². The molecule has 0 spiro atoms. The van der Waals surface area contributed by atoms with Gasteiger partial charge in [0.2, 0.25) is 0 Å². The molecule has 1 rings (SSSR count). The molecule has 1 aromatic rings. The number of rotatable bonds is 4. The van der Waals surface area contributed by atoms with Crippen molar-refractivity contribution in [1.29, 1.82) is 0 Å². The van der Waals surface area contributed by atoms with Gasteiger partial charge in [0.1, 0.15) is 0 Å². The van der Waals surface area contributed by atoms with Gasteiger partial charge in [-0.25, -0.2) is 4.79 Å². The molecule has 4 heteroatoms. The van der Waals surface area contributed by atoms with Gasteiger partial charge in [0, 0.05) is 18.1 Å². The smallest absolute Gasteiger partial charge is 0.339 e. The summed E-state index contributed by atoms with van der Waals surface area (Å²) in [6.45, 7) is 0.621. The van der Waals surface area contributed by atoms with Crippen molar-refractivity contribution in [3.05, 3.63) is 29.8 Å². The Morgan fingerprint density at radius 2 is 2.21 bits per heavy atom. The molecule has 14 heavy (non-hydrogen) atoms. The summed E-state index contributed by atoms with van der Waals surface area (Å²) in [7, 11) is 1.36. The van der Waals surface area contributed by atoms with Gasteiger partial charge < -0.3 is 10.1 Å². The number of carbonyl (C=O) groups is 1. The molecule has 0 saturated carbocycles. The molecule has 0 saturated heterocycles. The largest absolute Gasteiger partial charge is 0.465 e. The van der Waals surface area contributed by atoms with Crippen LogP contribution in [0.25, 0.3) is 0 Å². The van der Waals surface area contributed by atoms with Crippen molar-refractivity contribution in [1.82, 2.24) is 0 Å². The minimum atomic E-state index is -0.345. The summed E-state index contributed by atoms with van der Waals surface area (Å²) >= 11 is 5.54. The van der Waals surface area contributed by atoms with Crippen molar-refractivity contribution in [2.45, 2.75) is 0 Å². The molecule has 3 nitrogen and oxygen atoms in total. The van der Waals surface area contributed by atoms with Crippen molar-refractivity contribution >= 4 is 23.3 Å². The van der Waals surface area contributed by atoms with Crippen molar-refractivity contribution in [2.75, 3.05) is 24.9 Å². The topological polar surface area (TPSA) is 38.3 Å². The Kier molecular flexibility index (Phi) is 4.26. The first-order valence-corrected chi connectivity index (χ1v) is 4.80. The van der Waals surface area contributed by atoms with Crippen LogP contribution in [0.2, 0.25) is 0 Å². The van der Waals surface area contributed by atoms with Crippen molar-refractivity contribution in [3.63, 3.8) is 0 Å². The van der Waals surface area contributed by atoms with Crippen LogP contribution in [0.1, 0.15) is 10.4 Å². The highest BCUT2D eigenvalue weighted by Crippen LogP contribution is 2.15. The number of para-hydroxylation sites is 1. The van der Waals surface area contributed by atoms with Crippen LogP contribution < -0.4 is 5.32 Å². The second-order valence-corrected chi connectivity index (χ2v) is 3.03. The number of benzene rings is 1. The van der Waals surface area contributed by atoms with E-state index in [0.717, 1.165) is 5.69 Å². The Hall–Kier alpha value is -1.22. The van der Waals surface area contributed by atoms with Gasteiger partial charge in [-0.05, 0) is 12.1 Å². The summed E-state index contributed by atoms with van der Waals surface area (Å²) in [5, 5.41) is 3.05. The summed E-state index contributed by atoms with van der Waals surface area (Å²) < 4.78 is 4.64. The number of anilines is 1. The minimum absolute atomic E-state index is 0.345. The monoisotopic (exact) mass is 213 g/mol. The lowest BCUT2D eigenvalue weighted by Crippen LogP contribution is -2.09. The zero-order chi connectivity index (χ0) is 10.4. The van der Waals surface area contributed by atoms with E-state index in [1.165, 1.54) is 7.11 Å². The molecule has 0 bridgehead atoms. The van der Waals surface area contributed by atoms with Gasteiger partial charge in [-0.15, -0.1) is 11.6 Å². The van der Waals surface area contributed by atoms with Gasteiger partial charge in [-0.2, -0.15) is 0 Å². The van der Waals surface area contributed by atoms with Gasteiger partial charge in [-0.3, -0.25) is 0 Å². The second-order valence-electron chi connectivity index (χ2n) is 2.65. The molecule has 0 atom stereocenters. The zero-order valence-electron chi connectivity index (χ0n) is 7.92. The van der Waals surface area contributed by atoms with Crippen LogP contribution in [0.3, 0.4) is 0 Å². The zero-order valence-corrected chi connectivity index (χ0v) is 8.67. The highest BCUT2D eigenvalue weighted by molar-refractivity contribution is 6.18. The maximum absolute atomic E-state index is 11.3. The molecular weight excluding hydrogens is 202 g/mol. The van der Waals surface area contributed by atoms with Crippen LogP contribution in [0.15, 0.2) is 24.3 Å². The summed E-state index contributed by atoms with van der Waals surface area (Å²) in [6.07, 6.45) is 0. The lowest BCUT2D eigenvalue weighted by molar-refractivity contribution is 0.0602. The summed E-state index contributed by atoms with van der Waals surface area (Å²) in [4.78, 5) is 11.3. The van der Waals surface area contributed by atoms with Crippen LogP contribution in [-0.2, 0) is 4.74 Å². The predicted molar refractivity (Wildman–Crippen MR) is 57.0 cm³/mol. The molecule has 0 fully saturated rings. The summed E-state index contributed by atoms with van der Waals surface area (Å²) in [5.41, 5.74) is 1.28. The molecule has 0 radical (unpaired) electrons. The number of esters is 1. The fourth-order valence-electron chi connectivity index (χ4n) is 1.11. The highest BCUT2D eigenvalue weighted by Gasteiger charge is 2.09. The van der Waals surface area contributed by atoms with Crippen LogP contribution in [0.5, 0.6) is 0 Å². The van der Waals surface area contributed by atoms with E-state index in [4.69, 9.17) is 11.6 Å². The summed E-state index contributed by atoms with van der Waals surface area (Å²) in [6, 6.07) is 7.17. The Labute approximate surface area is 88.0 Å². The highest BCUT2D eigenvalue weighted by atomic mass is 35.5. The van der Waals surface area contributed by atoms with Gasteiger partial charge in [0.05, 0.1) is 12.7 Å². The lowest BCUT2D eigenvalue weighted by atomic mass is 10.2. The van der Waals surface area contributed by atoms with E-state index < -0.39 is 0 Å². The Morgan fingerprint density at radius 3 is 2.86 bits per heavy atom. The fraction of sp³-hybridized carbons (Fsp3) is 0.300. The second kappa shape index (κ2) is 5.50. The van der Waals surface area contributed by atoms with Crippen molar-refractivity contribution in [2.24, 2.45) is 0 Å². The number of hydrogen-bond donors (Lipinski definition) is 1. The van der Waals surface area contributed by atoms with E-state index in [0.29, 0.717) is 18.0 Å². The van der Waals surface area contributed by atoms with Crippen LogP contribution in [0, 0.1) is 0 Å². The quantitative estimate of drug-likeness (QED) is 0.615. The molecule has 0 aromatic heterocycles. The van der Waals surface area contributed by atoms with E-state index in [2.05, 4.69) is 10.1 Å². The van der Waals surface area contributed by atoms with E-state index in [1.54, 1.807) is 12.1 Å². The number of ether oxygens (including phenoxy) is 1. The number of methoxy groups -OCH3 is 1. The number of carbonyl (C=O) groups excluding carboxylic acids is 1. The predicted octanol–water partition coefficient (Wildman–Crippen LogP) is 2.12. The number of alkyl halides is 1. The number of nitrogens with one attached hydrogen (secondary N) is 1. The fourth-order valence-corrected chi connectivity index (χ4v) is 1.20. The first kappa shape index (κ1) is 10.9. The number of halogens is 1. The average Bonchev–Trinajstić information content (AvgIpc) is 2.25. The van der Waals surface area contributed by atoms with Gasteiger partial charge in [-0.1, -0.05) is 12.1 Å². The van der Waals surface area contributed by atoms with Crippen molar-refractivity contribution < 1.29 is 9.53 Å². The molecule has 0 unspecified atom stereocenters. The van der Waals surface area contributed by atoms with E-state index >= 15 is 0 Å². The summed E-state index contributed by atoms with van der Waals surface area (Å²) in [5.74, 6) is 0.151. The maximum Gasteiger partial charge on any atom is 0.339 e. The van der Waals surface area contributed by atoms with E-state index in [9.17, 15) is 4.79 Å². The lowest BCUT2D eigenvalue weighted by Gasteiger charge is -2.08. The maximum atomic E-state index is 11.3. The third kappa shape index (κ3) is 2.64. The normalized spacial score (nSPS) is 9.57. The van der Waals surface area contributed by atoms with Gasteiger partial charge >= 0.3 is 5.97 Å². The molecule has 1 N–H and O–H groups in total. The Bertz CT molecular complexity index is 315. The van der Waals surface area contributed by atoms with E-state index in [1.807, 2.05) is 12.1 Å². The van der Waals surface area contributed by atoms with Crippen LogP contribution >= 0.6 is 11.6 Å². The first-order chi connectivity index (χ1) is 6.79.